The third-order valence-electron chi connectivity index (χ3n) is 7.42. The molecule has 5 rings (SSSR count). The summed E-state index contributed by atoms with van der Waals surface area (Å²) >= 11 is 0. The van der Waals surface area contributed by atoms with Crippen molar-refractivity contribution in [2.75, 3.05) is 6.61 Å². The van der Waals surface area contributed by atoms with Crippen LogP contribution in [0, 0.1) is 0 Å². The number of Topliss-reactive ketones (excluding diaryl/α,β-unsaturated/α-hetero) is 1. The summed E-state index contributed by atoms with van der Waals surface area (Å²) in [4.78, 5) is 12.9. The maximum absolute atomic E-state index is 12.9. The second-order valence-corrected chi connectivity index (χ2v) is 10.2. The normalized spacial score (nSPS) is 37.2. The van der Waals surface area contributed by atoms with Crippen molar-refractivity contribution < 1.29 is 69.3 Å². The Kier molecular flexibility index (Phi) is 8.39. The highest BCUT2D eigenvalue weighted by Gasteiger charge is 2.51. The number of ether oxygens (including phenoxy) is 5. The van der Waals surface area contributed by atoms with Gasteiger partial charge in [-0.1, -0.05) is 12.1 Å². The van der Waals surface area contributed by atoms with E-state index in [0.29, 0.717) is 5.56 Å². The number of aromatic hydroxyl groups is 2. The molecule has 224 valence electrons. The largest absolute Gasteiger partial charge is 0.508 e. The Balaban J connectivity index is 1.41. The summed E-state index contributed by atoms with van der Waals surface area (Å²) in [6, 6.07) is 8.50. The van der Waals surface area contributed by atoms with E-state index in [1.54, 1.807) is 12.1 Å². The lowest BCUT2D eigenvalue weighted by Crippen LogP contribution is -2.64. The van der Waals surface area contributed by atoms with Gasteiger partial charge in [0.05, 0.1) is 19.1 Å². The second kappa shape index (κ2) is 11.7. The first-order valence-electron chi connectivity index (χ1n) is 13.0. The van der Waals surface area contributed by atoms with E-state index in [1.807, 2.05) is 0 Å². The third kappa shape index (κ3) is 5.70. The molecular weight excluding hydrogens is 548 g/mol. The second-order valence-electron chi connectivity index (χ2n) is 10.2. The highest BCUT2D eigenvalue weighted by atomic mass is 16.8. The standard InChI is InChI=1S/C27H32O14/c1-10-20(32)22(34)24(36)26(37-10)41-25-23(35)21(33)18(9-28)40-27(25)38-13-6-14(30)19-15(31)8-16(39-17(19)7-13)11-2-4-12(29)5-3-11/h2-7,10,16,18,20-30,32-36H,8-9H2,1H3/t10?,16?,18?,20-,21+,22?,23?,24?,25?,26-,27+/m0/s1. The highest BCUT2D eigenvalue weighted by Crippen LogP contribution is 2.43. The molecule has 0 bridgehead atoms. The van der Waals surface area contributed by atoms with Gasteiger partial charge in [-0.25, -0.2) is 0 Å². The van der Waals surface area contributed by atoms with Crippen LogP contribution in [-0.2, 0) is 14.2 Å². The summed E-state index contributed by atoms with van der Waals surface area (Å²) in [7, 11) is 0. The zero-order valence-corrected chi connectivity index (χ0v) is 21.8. The first-order valence-corrected chi connectivity index (χ1v) is 13.0. The summed E-state index contributed by atoms with van der Waals surface area (Å²) in [6.45, 7) is 0.716. The zero-order chi connectivity index (χ0) is 29.6. The number of phenolic OH excluding ortho intramolecular Hbond substituents is 2. The Labute approximate surface area is 233 Å². The van der Waals surface area contributed by atoms with Crippen LogP contribution in [0.25, 0.3) is 0 Å². The SMILES string of the molecule is CC1O[C@@H](OC2C(O)[C@H](O)C(CO)O[C@H]2Oc2cc(O)c3c(c2)OC(c2ccc(O)cc2)CC3=O)C(O)C(O)[C@H]1O. The Morgan fingerprint density at radius 1 is 0.878 bits per heavy atom. The van der Waals surface area contributed by atoms with Crippen LogP contribution in [0.15, 0.2) is 36.4 Å². The van der Waals surface area contributed by atoms with Crippen LogP contribution >= 0.6 is 0 Å². The first-order chi connectivity index (χ1) is 19.5. The van der Waals surface area contributed by atoms with Gasteiger partial charge in [0.2, 0.25) is 6.29 Å². The van der Waals surface area contributed by atoms with Crippen molar-refractivity contribution in [2.24, 2.45) is 0 Å². The fourth-order valence-corrected chi connectivity index (χ4v) is 5.07. The Bertz CT molecular complexity index is 1240. The van der Waals surface area contributed by atoms with Gasteiger partial charge in [-0.3, -0.25) is 4.79 Å². The minimum absolute atomic E-state index is 0.0149. The Morgan fingerprint density at radius 2 is 1.59 bits per heavy atom. The van der Waals surface area contributed by atoms with Crippen molar-refractivity contribution in [3.05, 3.63) is 47.5 Å². The molecule has 3 heterocycles. The number of hydrogen-bond acceptors (Lipinski definition) is 14. The van der Waals surface area contributed by atoms with Gasteiger partial charge < -0.3 is 64.5 Å². The first kappa shape index (κ1) is 29.4. The Hall–Kier alpha value is -3.05. The molecule has 2 aromatic carbocycles. The van der Waals surface area contributed by atoms with Crippen molar-refractivity contribution in [3.63, 3.8) is 0 Å². The lowest BCUT2D eigenvalue weighted by molar-refractivity contribution is -0.354. The van der Waals surface area contributed by atoms with Crippen LogP contribution in [0.1, 0.15) is 35.4 Å². The number of benzene rings is 2. The van der Waals surface area contributed by atoms with E-state index in [9.17, 15) is 45.6 Å². The fourth-order valence-electron chi connectivity index (χ4n) is 5.07. The summed E-state index contributed by atoms with van der Waals surface area (Å²) in [5, 5.41) is 81.6. The molecule has 8 N–H and O–H groups in total. The molecule has 0 radical (unpaired) electrons. The summed E-state index contributed by atoms with van der Waals surface area (Å²) in [6.07, 6.45) is -16.0. The number of carbonyl (C=O) groups is 1. The average Bonchev–Trinajstić information content (AvgIpc) is 2.94. The molecule has 7 unspecified atom stereocenters. The monoisotopic (exact) mass is 580 g/mol. The molecule has 0 aromatic heterocycles. The van der Waals surface area contributed by atoms with Crippen molar-refractivity contribution in [2.45, 2.75) is 80.9 Å². The topological polar surface area (TPSA) is 225 Å². The van der Waals surface area contributed by atoms with E-state index < -0.39 is 85.7 Å². The molecule has 2 saturated heterocycles. The van der Waals surface area contributed by atoms with Crippen LogP contribution in [0.3, 0.4) is 0 Å². The maximum Gasteiger partial charge on any atom is 0.229 e. The fraction of sp³-hybridized carbons (Fsp3) is 0.519. The minimum atomic E-state index is -1.75. The van der Waals surface area contributed by atoms with Crippen LogP contribution in [0.5, 0.6) is 23.0 Å². The van der Waals surface area contributed by atoms with Crippen molar-refractivity contribution >= 4 is 5.78 Å². The smallest absolute Gasteiger partial charge is 0.229 e. The molecule has 0 spiro atoms. The highest BCUT2D eigenvalue weighted by molar-refractivity contribution is 6.02. The van der Waals surface area contributed by atoms with Crippen molar-refractivity contribution in [1.29, 1.82) is 0 Å². The average molecular weight is 581 g/mol. The van der Waals surface area contributed by atoms with E-state index in [0.717, 1.165) is 6.07 Å². The van der Waals surface area contributed by atoms with Crippen LogP contribution in [0.4, 0.5) is 0 Å². The molecule has 3 aliphatic heterocycles. The number of carbonyl (C=O) groups excluding carboxylic acids is 1. The van der Waals surface area contributed by atoms with Crippen LogP contribution in [0.2, 0.25) is 0 Å². The van der Waals surface area contributed by atoms with E-state index in [-0.39, 0.29) is 29.2 Å². The molecule has 0 aliphatic carbocycles. The van der Waals surface area contributed by atoms with Crippen LogP contribution in [-0.4, -0.2) is 115 Å². The van der Waals surface area contributed by atoms with Gasteiger partial charge in [0.15, 0.2) is 18.2 Å². The van der Waals surface area contributed by atoms with Gasteiger partial charge in [0, 0.05) is 12.1 Å². The molecule has 14 nitrogen and oxygen atoms in total. The minimum Gasteiger partial charge on any atom is -0.508 e. The number of phenols is 2. The van der Waals surface area contributed by atoms with E-state index in [2.05, 4.69) is 0 Å². The molecule has 0 saturated carbocycles. The lowest BCUT2D eigenvalue weighted by Gasteiger charge is -2.45. The van der Waals surface area contributed by atoms with E-state index >= 15 is 0 Å². The van der Waals surface area contributed by atoms with E-state index in [4.69, 9.17) is 23.7 Å². The Morgan fingerprint density at radius 3 is 2.27 bits per heavy atom. The number of aliphatic hydroxyl groups is 6. The van der Waals surface area contributed by atoms with Gasteiger partial charge in [0.1, 0.15) is 71.3 Å². The molecule has 3 aliphatic rings. The summed E-state index contributed by atoms with van der Waals surface area (Å²) in [5.41, 5.74) is 0.529. The molecular formula is C27H32O14. The number of hydrogen-bond donors (Lipinski definition) is 8. The number of rotatable bonds is 6. The summed E-state index contributed by atoms with van der Waals surface area (Å²) < 4.78 is 28.6. The van der Waals surface area contributed by atoms with Gasteiger partial charge in [-0.15, -0.1) is 0 Å². The maximum atomic E-state index is 12.9. The molecule has 2 fully saturated rings. The van der Waals surface area contributed by atoms with Gasteiger partial charge in [-0.2, -0.15) is 0 Å². The number of ketones is 1. The van der Waals surface area contributed by atoms with Gasteiger partial charge >= 0.3 is 0 Å². The van der Waals surface area contributed by atoms with Crippen molar-refractivity contribution in [1.82, 2.24) is 0 Å². The zero-order valence-electron chi connectivity index (χ0n) is 21.8. The van der Waals surface area contributed by atoms with Crippen molar-refractivity contribution in [3.8, 4) is 23.0 Å². The molecule has 2 aromatic rings. The predicted octanol–water partition coefficient (Wildman–Crippen LogP) is -1.17. The number of aliphatic hydroxyl groups excluding tert-OH is 6. The lowest BCUT2D eigenvalue weighted by atomic mass is 9.95. The predicted molar refractivity (Wildman–Crippen MR) is 134 cm³/mol. The van der Waals surface area contributed by atoms with Gasteiger partial charge in [0.25, 0.3) is 0 Å². The summed E-state index contributed by atoms with van der Waals surface area (Å²) in [5.74, 6) is -0.947. The molecule has 11 atom stereocenters. The van der Waals surface area contributed by atoms with E-state index in [1.165, 1.54) is 25.1 Å². The molecule has 0 amide bonds. The number of fused-ring (bicyclic) bond motifs is 1. The molecule has 14 heteroatoms. The van der Waals surface area contributed by atoms with Gasteiger partial charge in [-0.05, 0) is 24.6 Å². The van der Waals surface area contributed by atoms with Crippen LogP contribution < -0.4 is 9.47 Å². The third-order valence-corrected chi connectivity index (χ3v) is 7.42. The quantitative estimate of drug-likeness (QED) is 0.202. The molecule has 41 heavy (non-hydrogen) atoms.